The molecule has 1 heterocycles. The number of aliphatic hydroxyl groups is 1. The summed E-state index contributed by atoms with van der Waals surface area (Å²) in [7, 11) is 0. The molecule has 1 aliphatic rings. The second-order valence-corrected chi connectivity index (χ2v) is 5.90. The standard InChI is InChI=1S/C17H24N2O3/c1-3-13-6-4-8-15(10-13)18-16(21)17(22)19-9-5-7-14(11-19)12(2)20/h4,6,8,10,12,14,20H,3,5,7,9,11H2,1-2H3,(H,18,21). The Bertz CT molecular complexity index is 542. The molecule has 2 amide bonds. The summed E-state index contributed by atoms with van der Waals surface area (Å²) in [6.07, 6.45) is 2.13. The fraction of sp³-hybridized carbons (Fsp3) is 0.529. The Morgan fingerprint density at radius 3 is 2.91 bits per heavy atom. The van der Waals surface area contributed by atoms with Gasteiger partial charge >= 0.3 is 11.8 Å². The Balaban J connectivity index is 1.98. The zero-order valence-electron chi connectivity index (χ0n) is 13.2. The molecule has 1 aromatic rings. The molecule has 1 aromatic carbocycles. The third-order valence-electron chi connectivity index (χ3n) is 4.21. The summed E-state index contributed by atoms with van der Waals surface area (Å²) < 4.78 is 0. The number of amides is 2. The van der Waals surface area contributed by atoms with E-state index in [4.69, 9.17) is 0 Å². The zero-order valence-corrected chi connectivity index (χ0v) is 13.2. The molecule has 120 valence electrons. The molecule has 0 aromatic heterocycles. The highest BCUT2D eigenvalue weighted by Gasteiger charge is 2.29. The Morgan fingerprint density at radius 1 is 1.45 bits per heavy atom. The van der Waals surface area contributed by atoms with Crippen LogP contribution in [0.25, 0.3) is 0 Å². The molecule has 0 spiro atoms. The van der Waals surface area contributed by atoms with Crippen molar-refractivity contribution in [2.45, 2.75) is 39.2 Å². The van der Waals surface area contributed by atoms with Crippen LogP contribution in [0.2, 0.25) is 0 Å². The summed E-state index contributed by atoms with van der Waals surface area (Å²) in [4.78, 5) is 25.9. The van der Waals surface area contributed by atoms with Gasteiger partial charge in [0, 0.05) is 24.7 Å². The van der Waals surface area contributed by atoms with Crippen molar-refractivity contribution in [1.29, 1.82) is 0 Å². The van der Waals surface area contributed by atoms with Gasteiger partial charge in [0.2, 0.25) is 0 Å². The van der Waals surface area contributed by atoms with E-state index in [1.807, 2.05) is 25.1 Å². The topological polar surface area (TPSA) is 69.6 Å². The first-order valence-electron chi connectivity index (χ1n) is 7.88. The average Bonchev–Trinajstić information content (AvgIpc) is 2.54. The SMILES string of the molecule is CCc1cccc(NC(=O)C(=O)N2CCCC(C(C)O)C2)c1. The van der Waals surface area contributed by atoms with Crippen LogP contribution >= 0.6 is 0 Å². The van der Waals surface area contributed by atoms with Gasteiger partial charge in [-0.3, -0.25) is 9.59 Å². The summed E-state index contributed by atoms with van der Waals surface area (Å²) in [5.41, 5.74) is 1.75. The second kappa shape index (κ2) is 7.40. The van der Waals surface area contributed by atoms with E-state index in [2.05, 4.69) is 5.32 Å². The van der Waals surface area contributed by atoms with Crippen molar-refractivity contribution in [3.8, 4) is 0 Å². The monoisotopic (exact) mass is 304 g/mol. The number of rotatable bonds is 3. The number of aliphatic hydroxyl groups excluding tert-OH is 1. The lowest BCUT2D eigenvalue weighted by molar-refractivity contribution is -0.144. The van der Waals surface area contributed by atoms with Crippen molar-refractivity contribution in [3.05, 3.63) is 29.8 Å². The number of likely N-dealkylation sites (tertiary alicyclic amines) is 1. The number of anilines is 1. The Morgan fingerprint density at radius 2 is 2.23 bits per heavy atom. The smallest absolute Gasteiger partial charge is 0.313 e. The number of nitrogens with zero attached hydrogens (tertiary/aromatic N) is 1. The van der Waals surface area contributed by atoms with Crippen LogP contribution in [-0.2, 0) is 16.0 Å². The van der Waals surface area contributed by atoms with Crippen LogP contribution in [0.15, 0.2) is 24.3 Å². The fourth-order valence-corrected chi connectivity index (χ4v) is 2.79. The lowest BCUT2D eigenvalue weighted by Crippen LogP contribution is -2.47. The van der Waals surface area contributed by atoms with Gasteiger partial charge in [-0.05, 0) is 43.9 Å². The van der Waals surface area contributed by atoms with Gasteiger partial charge in [-0.25, -0.2) is 0 Å². The molecule has 0 aliphatic carbocycles. The number of carbonyl (C=O) groups is 2. The summed E-state index contributed by atoms with van der Waals surface area (Å²) in [6, 6.07) is 7.50. The molecule has 0 radical (unpaired) electrons. The van der Waals surface area contributed by atoms with Gasteiger partial charge in [-0.2, -0.15) is 0 Å². The predicted octanol–water partition coefficient (Wildman–Crippen LogP) is 1.81. The number of hydrogen-bond acceptors (Lipinski definition) is 3. The van der Waals surface area contributed by atoms with Crippen molar-refractivity contribution in [2.75, 3.05) is 18.4 Å². The molecule has 2 rings (SSSR count). The molecule has 1 aliphatic heterocycles. The first-order chi connectivity index (χ1) is 10.5. The number of hydrogen-bond donors (Lipinski definition) is 2. The van der Waals surface area contributed by atoms with Crippen molar-refractivity contribution in [2.24, 2.45) is 5.92 Å². The van der Waals surface area contributed by atoms with E-state index in [1.165, 1.54) is 0 Å². The average molecular weight is 304 g/mol. The lowest BCUT2D eigenvalue weighted by atomic mass is 9.93. The molecule has 1 saturated heterocycles. The minimum atomic E-state index is -0.612. The van der Waals surface area contributed by atoms with E-state index in [1.54, 1.807) is 17.9 Å². The predicted molar refractivity (Wildman–Crippen MR) is 85.4 cm³/mol. The molecular weight excluding hydrogens is 280 g/mol. The van der Waals surface area contributed by atoms with Gasteiger partial charge in [-0.15, -0.1) is 0 Å². The van der Waals surface area contributed by atoms with Crippen LogP contribution in [0.3, 0.4) is 0 Å². The molecule has 2 N–H and O–H groups in total. The molecule has 0 bridgehead atoms. The van der Waals surface area contributed by atoms with Crippen molar-refractivity contribution >= 4 is 17.5 Å². The number of nitrogens with one attached hydrogen (secondary N) is 1. The molecule has 2 unspecified atom stereocenters. The summed E-state index contributed by atoms with van der Waals surface area (Å²) in [5, 5.41) is 12.3. The maximum Gasteiger partial charge on any atom is 0.313 e. The van der Waals surface area contributed by atoms with E-state index < -0.39 is 17.9 Å². The summed E-state index contributed by atoms with van der Waals surface area (Å²) in [5.74, 6) is -1.08. The first kappa shape index (κ1) is 16.5. The molecule has 22 heavy (non-hydrogen) atoms. The van der Waals surface area contributed by atoms with E-state index >= 15 is 0 Å². The van der Waals surface area contributed by atoms with Crippen LogP contribution in [-0.4, -0.2) is 41.0 Å². The minimum Gasteiger partial charge on any atom is -0.393 e. The molecule has 5 heteroatoms. The van der Waals surface area contributed by atoms with Crippen molar-refractivity contribution in [1.82, 2.24) is 4.90 Å². The molecule has 5 nitrogen and oxygen atoms in total. The van der Waals surface area contributed by atoms with Crippen molar-refractivity contribution < 1.29 is 14.7 Å². The molecule has 1 fully saturated rings. The summed E-state index contributed by atoms with van der Waals surface area (Å²) >= 11 is 0. The quantitative estimate of drug-likeness (QED) is 0.837. The Labute approximate surface area is 131 Å². The van der Waals surface area contributed by atoms with Crippen LogP contribution in [0.1, 0.15) is 32.3 Å². The van der Waals surface area contributed by atoms with Gasteiger partial charge in [0.1, 0.15) is 0 Å². The van der Waals surface area contributed by atoms with Gasteiger partial charge in [-0.1, -0.05) is 19.1 Å². The number of benzene rings is 1. The third-order valence-corrected chi connectivity index (χ3v) is 4.21. The number of piperidine rings is 1. The van der Waals surface area contributed by atoms with E-state index in [-0.39, 0.29) is 5.92 Å². The Hall–Kier alpha value is -1.88. The van der Waals surface area contributed by atoms with Crippen LogP contribution in [0.5, 0.6) is 0 Å². The first-order valence-corrected chi connectivity index (χ1v) is 7.88. The minimum absolute atomic E-state index is 0.0499. The Kier molecular flexibility index (Phi) is 5.55. The zero-order chi connectivity index (χ0) is 16.1. The maximum absolute atomic E-state index is 12.3. The number of aryl methyl sites for hydroxylation is 1. The second-order valence-electron chi connectivity index (χ2n) is 5.90. The van der Waals surface area contributed by atoms with Gasteiger partial charge in [0.25, 0.3) is 0 Å². The maximum atomic E-state index is 12.3. The van der Waals surface area contributed by atoms with E-state index in [0.717, 1.165) is 24.8 Å². The summed E-state index contributed by atoms with van der Waals surface area (Å²) in [6.45, 7) is 4.79. The molecule has 2 atom stereocenters. The molecular formula is C17H24N2O3. The highest BCUT2D eigenvalue weighted by Crippen LogP contribution is 2.20. The largest absolute Gasteiger partial charge is 0.393 e. The third kappa shape index (κ3) is 4.07. The lowest BCUT2D eigenvalue weighted by Gasteiger charge is -2.33. The highest BCUT2D eigenvalue weighted by atomic mass is 16.3. The highest BCUT2D eigenvalue weighted by molar-refractivity contribution is 6.39. The van der Waals surface area contributed by atoms with Crippen LogP contribution in [0.4, 0.5) is 5.69 Å². The van der Waals surface area contributed by atoms with Gasteiger partial charge < -0.3 is 15.3 Å². The van der Waals surface area contributed by atoms with E-state index in [0.29, 0.717) is 18.8 Å². The molecule has 0 saturated carbocycles. The van der Waals surface area contributed by atoms with Gasteiger partial charge in [0.15, 0.2) is 0 Å². The van der Waals surface area contributed by atoms with Crippen LogP contribution < -0.4 is 5.32 Å². The van der Waals surface area contributed by atoms with Crippen molar-refractivity contribution in [3.63, 3.8) is 0 Å². The number of carbonyl (C=O) groups excluding carboxylic acids is 2. The fourth-order valence-electron chi connectivity index (χ4n) is 2.79. The van der Waals surface area contributed by atoms with E-state index in [9.17, 15) is 14.7 Å². The van der Waals surface area contributed by atoms with Crippen LogP contribution in [0, 0.1) is 5.92 Å². The van der Waals surface area contributed by atoms with Gasteiger partial charge in [0.05, 0.1) is 6.10 Å². The normalized spacial score (nSPS) is 19.6.